The molecule has 0 bridgehead atoms. The Hall–Kier alpha value is -2.40. The van der Waals surface area contributed by atoms with E-state index in [9.17, 15) is 14.0 Å². The normalized spacial score (nSPS) is 15.2. The Kier molecular flexibility index (Phi) is 4.77. The Bertz CT molecular complexity index is 817. The van der Waals surface area contributed by atoms with E-state index in [0.717, 1.165) is 12.0 Å². The van der Waals surface area contributed by atoms with E-state index in [4.69, 9.17) is 11.6 Å². The summed E-state index contributed by atoms with van der Waals surface area (Å²) >= 11 is 5.93. The number of carbonyl (C=O) groups is 2. The molecular weight excluding hydrogens is 343 g/mol. The fourth-order valence-corrected chi connectivity index (χ4v) is 3.22. The van der Waals surface area contributed by atoms with Crippen LogP contribution in [0.1, 0.15) is 31.7 Å². The molecule has 0 unspecified atom stereocenters. The number of carbonyl (C=O) groups excluding carboxylic acids is 2. The van der Waals surface area contributed by atoms with E-state index in [1.807, 2.05) is 12.1 Å². The topological polar surface area (TPSA) is 58.2 Å². The summed E-state index contributed by atoms with van der Waals surface area (Å²) in [7, 11) is 0. The molecule has 2 amide bonds. The second-order valence-electron chi connectivity index (χ2n) is 6.27. The van der Waals surface area contributed by atoms with Crippen LogP contribution in [0, 0.1) is 5.82 Å². The first-order chi connectivity index (χ1) is 11.9. The van der Waals surface area contributed by atoms with Crippen LogP contribution >= 0.6 is 11.6 Å². The number of halogens is 2. The van der Waals surface area contributed by atoms with Crippen LogP contribution in [0.4, 0.5) is 15.8 Å². The highest BCUT2D eigenvalue weighted by Gasteiger charge is 2.45. The maximum atomic E-state index is 14.1. The summed E-state index contributed by atoms with van der Waals surface area (Å²) in [5.41, 5.74) is 0.690. The van der Waals surface area contributed by atoms with Crippen LogP contribution in [0.15, 0.2) is 42.5 Å². The molecule has 1 fully saturated rings. The largest absolute Gasteiger partial charge is 0.326 e. The van der Waals surface area contributed by atoms with Crippen molar-refractivity contribution in [1.82, 2.24) is 0 Å². The number of nitrogens with one attached hydrogen (secondary N) is 2. The fraction of sp³-hybridized carbons (Fsp3) is 0.263. The minimum atomic E-state index is -0.666. The molecule has 0 saturated heterocycles. The average molecular weight is 361 g/mol. The highest BCUT2D eigenvalue weighted by Crippen LogP contribution is 2.45. The minimum absolute atomic E-state index is 0.0523. The van der Waals surface area contributed by atoms with Crippen LogP contribution in [0.25, 0.3) is 0 Å². The first-order valence-electron chi connectivity index (χ1n) is 8.05. The van der Waals surface area contributed by atoms with Gasteiger partial charge in [-0.05, 0) is 48.7 Å². The molecule has 2 aromatic carbocycles. The van der Waals surface area contributed by atoms with Gasteiger partial charge in [-0.2, -0.15) is 0 Å². The molecule has 1 aliphatic carbocycles. The second-order valence-corrected chi connectivity index (χ2v) is 6.71. The second kappa shape index (κ2) is 6.84. The molecule has 6 heteroatoms. The molecular formula is C19H18ClFN2O2. The Morgan fingerprint density at radius 1 is 1.08 bits per heavy atom. The third-order valence-electron chi connectivity index (χ3n) is 4.57. The Morgan fingerprint density at radius 3 is 2.32 bits per heavy atom. The van der Waals surface area contributed by atoms with Crippen LogP contribution in [-0.2, 0) is 15.0 Å². The van der Waals surface area contributed by atoms with Gasteiger partial charge in [-0.1, -0.05) is 30.2 Å². The van der Waals surface area contributed by atoms with Crippen LogP contribution < -0.4 is 10.6 Å². The van der Waals surface area contributed by atoms with E-state index in [-0.39, 0.29) is 17.5 Å². The van der Waals surface area contributed by atoms with Gasteiger partial charge in [0.15, 0.2) is 0 Å². The minimum Gasteiger partial charge on any atom is -0.326 e. The molecule has 0 heterocycles. The lowest BCUT2D eigenvalue weighted by atomic mass is 9.64. The molecule has 0 aliphatic heterocycles. The molecule has 25 heavy (non-hydrogen) atoms. The van der Waals surface area contributed by atoms with Crippen molar-refractivity contribution in [3.63, 3.8) is 0 Å². The van der Waals surface area contributed by atoms with Gasteiger partial charge in [0.2, 0.25) is 11.8 Å². The van der Waals surface area contributed by atoms with E-state index in [1.54, 1.807) is 12.1 Å². The lowest BCUT2D eigenvalue weighted by Gasteiger charge is -2.40. The van der Waals surface area contributed by atoms with Crippen molar-refractivity contribution in [2.75, 3.05) is 10.6 Å². The summed E-state index contributed by atoms with van der Waals surface area (Å²) in [5.74, 6) is -1.06. The molecule has 4 nitrogen and oxygen atoms in total. The maximum Gasteiger partial charge on any atom is 0.235 e. The molecule has 0 radical (unpaired) electrons. The van der Waals surface area contributed by atoms with Crippen molar-refractivity contribution in [1.29, 1.82) is 0 Å². The predicted molar refractivity (Wildman–Crippen MR) is 96.3 cm³/mol. The Morgan fingerprint density at radius 2 is 1.76 bits per heavy atom. The highest BCUT2D eigenvalue weighted by atomic mass is 35.5. The summed E-state index contributed by atoms with van der Waals surface area (Å²) < 4.78 is 14.1. The van der Waals surface area contributed by atoms with Crippen LogP contribution in [0.5, 0.6) is 0 Å². The first-order valence-corrected chi connectivity index (χ1v) is 8.43. The quantitative estimate of drug-likeness (QED) is 0.843. The molecule has 130 valence electrons. The van der Waals surface area contributed by atoms with Gasteiger partial charge in [0.25, 0.3) is 0 Å². The average Bonchev–Trinajstić information content (AvgIpc) is 2.51. The highest BCUT2D eigenvalue weighted by molar-refractivity contribution is 6.30. The van der Waals surface area contributed by atoms with Gasteiger partial charge < -0.3 is 10.6 Å². The van der Waals surface area contributed by atoms with Gasteiger partial charge in [-0.3, -0.25) is 9.59 Å². The molecule has 2 N–H and O–H groups in total. The standard InChI is InChI=1S/C19H18ClFN2O2/c1-12(24)22-15-7-8-16(21)17(11-15)23-18(25)19(9-2-10-19)13-3-5-14(20)6-4-13/h3-8,11H,2,9-10H2,1H3,(H,22,24)(H,23,25). The van der Waals surface area contributed by atoms with E-state index in [1.165, 1.54) is 25.1 Å². The van der Waals surface area contributed by atoms with Crippen LogP contribution in [-0.4, -0.2) is 11.8 Å². The van der Waals surface area contributed by atoms with Crippen molar-refractivity contribution >= 4 is 34.8 Å². The van der Waals surface area contributed by atoms with E-state index < -0.39 is 11.2 Å². The van der Waals surface area contributed by atoms with Gasteiger partial charge >= 0.3 is 0 Å². The third kappa shape index (κ3) is 3.51. The SMILES string of the molecule is CC(=O)Nc1ccc(F)c(NC(=O)C2(c3ccc(Cl)cc3)CCC2)c1. The summed E-state index contributed by atoms with van der Waals surface area (Å²) in [5, 5.41) is 5.86. The molecule has 0 atom stereocenters. The number of amides is 2. The number of rotatable bonds is 4. The summed E-state index contributed by atoms with van der Waals surface area (Å²) in [6.45, 7) is 1.37. The molecule has 2 aromatic rings. The zero-order chi connectivity index (χ0) is 18.0. The van der Waals surface area contributed by atoms with Gasteiger partial charge in [0, 0.05) is 17.6 Å². The molecule has 0 spiro atoms. The lowest BCUT2D eigenvalue weighted by molar-refractivity contribution is -0.124. The number of hydrogen-bond acceptors (Lipinski definition) is 2. The summed E-state index contributed by atoms with van der Waals surface area (Å²) in [4.78, 5) is 24.0. The van der Waals surface area contributed by atoms with Crippen LogP contribution in [0.3, 0.4) is 0 Å². The third-order valence-corrected chi connectivity index (χ3v) is 4.83. The fourth-order valence-electron chi connectivity index (χ4n) is 3.09. The van der Waals surface area contributed by atoms with Gasteiger partial charge in [0.1, 0.15) is 5.82 Å². The van der Waals surface area contributed by atoms with Crippen molar-refractivity contribution in [2.24, 2.45) is 0 Å². The van der Waals surface area contributed by atoms with E-state index in [2.05, 4.69) is 10.6 Å². The lowest BCUT2D eigenvalue weighted by Crippen LogP contribution is -2.46. The number of anilines is 2. The maximum absolute atomic E-state index is 14.1. The van der Waals surface area contributed by atoms with Crippen molar-refractivity contribution in [3.8, 4) is 0 Å². The van der Waals surface area contributed by atoms with E-state index in [0.29, 0.717) is 23.6 Å². The summed E-state index contributed by atoms with van der Waals surface area (Å²) in [6.07, 6.45) is 2.34. The van der Waals surface area contributed by atoms with Crippen molar-refractivity contribution in [2.45, 2.75) is 31.6 Å². The number of hydrogen-bond donors (Lipinski definition) is 2. The molecule has 0 aromatic heterocycles. The molecule has 3 rings (SSSR count). The predicted octanol–water partition coefficient (Wildman–Crippen LogP) is 4.50. The van der Waals surface area contributed by atoms with Gasteiger partial charge in [-0.15, -0.1) is 0 Å². The molecule has 1 aliphatic rings. The molecule has 1 saturated carbocycles. The summed E-state index contributed by atoms with van der Waals surface area (Å²) in [6, 6.07) is 11.3. The Balaban J connectivity index is 1.85. The van der Waals surface area contributed by atoms with Gasteiger partial charge in [-0.25, -0.2) is 4.39 Å². The van der Waals surface area contributed by atoms with Crippen molar-refractivity contribution in [3.05, 3.63) is 58.9 Å². The first kappa shape index (κ1) is 17.4. The zero-order valence-electron chi connectivity index (χ0n) is 13.7. The van der Waals surface area contributed by atoms with Crippen molar-refractivity contribution < 1.29 is 14.0 Å². The Labute approximate surface area is 150 Å². The smallest absolute Gasteiger partial charge is 0.235 e. The zero-order valence-corrected chi connectivity index (χ0v) is 14.5. The van der Waals surface area contributed by atoms with E-state index >= 15 is 0 Å². The monoisotopic (exact) mass is 360 g/mol. The number of benzene rings is 2. The van der Waals surface area contributed by atoms with Crippen LogP contribution in [0.2, 0.25) is 5.02 Å². The van der Waals surface area contributed by atoms with Gasteiger partial charge in [0.05, 0.1) is 11.1 Å².